The number of alkyl halides is 3. The van der Waals surface area contributed by atoms with Crippen molar-refractivity contribution in [3.8, 4) is 0 Å². The van der Waals surface area contributed by atoms with Gasteiger partial charge in [-0.25, -0.2) is 0 Å². The van der Waals surface area contributed by atoms with E-state index in [0.29, 0.717) is 0 Å². The lowest BCUT2D eigenvalue weighted by Crippen LogP contribution is -2.35. The number of carbonyl (C=O) groups is 1. The zero-order valence-electron chi connectivity index (χ0n) is 4.91. The third-order valence-electron chi connectivity index (χ3n) is 0.739. The predicted octanol–water partition coefficient (Wildman–Crippen LogP) is 1.33. The second-order valence-corrected chi connectivity index (χ2v) is 1.83. The maximum absolute atomic E-state index is 11.5. The van der Waals surface area contributed by atoms with Crippen molar-refractivity contribution >= 4 is 16.8 Å². The lowest BCUT2D eigenvalue weighted by molar-refractivity contribution is -0.206. The van der Waals surface area contributed by atoms with Crippen LogP contribution in [0.1, 0.15) is 0 Å². The number of methoxy groups -OCH3 is 1. The normalized spacial score (nSPS) is 14.9. The van der Waals surface area contributed by atoms with Gasteiger partial charge in [0.1, 0.15) is 0 Å². The molecule has 0 aromatic rings. The van der Waals surface area contributed by atoms with Crippen LogP contribution in [0.5, 0.6) is 0 Å². The SMILES string of the molecule is CO[C@@H](C(=O)Cl)C(F)(F)F. The third kappa shape index (κ3) is 2.53. The summed E-state index contributed by atoms with van der Waals surface area (Å²) in [6.07, 6.45) is -7.22. The minimum Gasteiger partial charge on any atom is -0.364 e. The average molecular weight is 177 g/mol. The summed E-state index contributed by atoms with van der Waals surface area (Å²) in [4.78, 5) is 9.94. The van der Waals surface area contributed by atoms with E-state index in [4.69, 9.17) is 0 Å². The summed E-state index contributed by atoms with van der Waals surface area (Å²) >= 11 is 4.54. The first-order valence-electron chi connectivity index (χ1n) is 2.18. The van der Waals surface area contributed by atoms with Crippen molar-refractivity contribution in [3.63, 3.8) is 0 Å². The fourth-order valence-electron chi connectivity index (χ4n) is 0.355. The van der Waals surface area contributed by atoms with Gasteiger partial charge in [-0.05, 0) is 11.6 Å². The van der Waals surface area contributed by atoms with Crippen molar-refractivity contribution in [3.05, 3.63) is 0 Å². The Morgan fingerprint density at radius 2 is 2.00 bits per heavy atom. The van der Waals surface area contributed by atoms with Crippen LogP contribution in [-0.2, 0) is 9.53 Å². The monoisotopic (exact) mass is 176 g/mol. The fraction of sp³-hybridized carbons (Fsp3) is 0.750. The quantitative estimate of drug-likeness (QED) is 0.594. The van der Waals surface area contributed by atoms with Crippen molar-refractivity contribution in [2.45, 2.75) is 12.3 Å². The number of hydrogen-bond donors (Lipinski definition) is 0. The molecule has 0 rings (SSSR count). The summed E-state index contributed by atoms with van der Waals surface area (Å²) in [7, 11) is 0.762. The number of ether oxygens (including phenoxy) is 1. The molecule has 0 aliphatic carbocycles. The Balaban J connectivity index is 4.22. The summed E-state index contributed by atoms with van der Waals surface area (Å²) < 4.78 is 38.4. The summed E-state index contributed by atoms with van der Waals surface area (Å²) in [5.41, 5.74) is 0. The van der Waals surface area contributed by atoms with Gasteiger partial charge in [0.25, 0.3) is 5.24 Å². The summed E-state index contributed by atoms with van der Waals surface area (Å²) in [6.45, 7) is 0. The molecule has 1 atom stereocenters. The molecule has 0 aromatic heterocycles. The van der Waals surface area contributed by atoms with Gasteiger partial charge in [-0.2, -0.15) is 13.2 Å². The topological polar surface area (TPSA) is 26.3 Å². The Morgan fingerprint density at radius 3 is 2.00 bits per heavy atom. The first kappa shape index (κ1) is 9.71. The zero-order valence-corrected chi connectivity index (χ0v) is 5.66. The molecule has 0 bridgehead atoms. The van der Waals surface area contributed by atoms with Gasteiger partial charge in [0.05, 0.1) is 0 Å². The molecule has 10 heavy (non-hydrogen) atoms. The summed E-state index contributed by atoms with van der Waals surface area (Å²) in [6, 6.07) is 0. The van der Waals surface area contributed by atoms with Crippen LogP contribution in [-0.4, -0.2) is 24.6 Å². The first-order valence-corrected chi connectivity index (χ1v) is 2.56. The molecule has 0 amide bonds. The molecule has 0 aliphatic heterocycles. The fourth-order valence-corrected chi connectivity index (χ4v) is 0.568. The van der Waals surface area contributed by atoms with Crippen LogP contribution >= 0.6 is 11.6 Å². The minimum absolute atomic E-state index is 0.762. The molecule has 0 fully saturated rings. The van der Waals surface area contributed by atoms with E-state index in [1.807, 2.05) is 0 Å². The second-order valence-electron chi connectivity index (χ2n) is 1.46. The van der Waals surface area contributed by atoms with E-state index >= 15 is 0 Å². The molecule has 0 heterocycles. The lowest BCUT2D eigenvalue weighted by Gasteiger charge is -2.13. The highest BCUT2D eigenvalue weighted by Crippen LogP contribution is 2.23. The molecule has 60 valence electrons. The van der Waals surface area contributed by atoms with E-state index in [1.165, 1.54) is 0 Å². The zero-order chi connectivity index (χ0) is 8.36. The highest BCUT2D eigenvalue weighted by Gasteiger charge is 2.44. The van der Waals surface area contributed by atoms with E-state index in [0.717, 1.165) is 7.11 Å². The summed E-state index contributed by atoms with van der Waals surface area (Å²) in [5, 5.41) is -1.56. The lowest BCUT2D eigenvalue weighted by atomic mass is 10.4. The van der Waals surface area contributed by atoms with Crippen LogP contribution < -0.4 is 0 Å². The van der Waals surface area contributed by atoms with Gasteiger partial charge in [0, 0.05) is 7.11 Å². The first-order chi connectivity index (χ1) is 4.39. The van der Waals surface area contributed by atoms with Crippen molar-refractivity contribution in [1.82, 2.24) is 0 Å². The van der Waals surface area contributed by atoms with Crippen molar-refractivity contribution < 1.29 is 22.7 Å². The van der Waals surface area contributed by atoms with Gasteiger partial charge in [-0.15, -0.1) is 0 Å². The number of rotatable bonds is 2. The molecule has 0 saturated heterocycles. The Morgan fingerprint density at radius 1 is 1.60 bits per heavy atom. The van der Waals surface area contributed by atoms with E-state index < -0.39 is 17.5 Å². The van der Waals surface area contributed by atoms with E-state index in [1.54, 1.807) is 0 Å². The molecule has 0 radical (unpaired) electrons. The van der Waals surface area contributed by atoms with Crippen LogP contribution in [0.15, 0.2) is 0 Å². The number of halogens is 4. The second kappa shape index (κ2) is 3.21. The van der Waals surface area contributed by atoms with E-state index in [-0.39, 0.29) is 0 Å². The molecule has 0 unspecified atom stereocenters. The Hall–Kier alpha value is -0.290. The molecular formula is C4H4ClF3O2. The Bertz CT molecular complexity index is 133. The van der Waals surface area contributed by atoms with Gasteiger partial charge in [-0.3, -0.25) is 4.79 Å². The minimum atomic E-state index is -4.71. The Labute approximate surface area is 59.9 Å². The van der Waals surface area contributed by atoms with Gasteiger partial charge >= 0.3 is 6.18 Å². The van der Waals surface area contributed by atoms with Gasteiger partial charge in [0.15, 0.2) is 0 Å². The largest absolute Gasteiger partial charge is 0.423 e. The van der Waals surface area contributed by atoms with Crippen molar-refractivity contribution in [1.29, 1.82) is 0 Å². The highest BCUT2D eigenvalue weighted by molar-refractivity contribution is 6.64. The molecule has 0 N–H and O–H groups in total. The maximum atomic E-state index is 11.5. The van der Waals surface area contributed by atoms with Gasteiger partial charge in [0.2, 0.25) is 6.10 Å². The molecule has 0 spiro atoms. The van der Waals surface area contributed by atoms with Crippen molar-refractivity contribution in [2.75, 3.05) is 7.11 Å². The standard InChI is InChI=1S/C4H4ClF3O2/c1-10-2(3(5)9)4(6,7)8/h2H,1H3/t2-/m0/s1. The molecular weight excluding hydrogens is 172 g/mol. The van der Waals surface area contributed by atoms with Crippen LogP contribution in [0.2, 0.25) is 0 Å². The van der Waals surface area contributed by atoms with Gasteiger partial charge < -0.3 is 4.74 Å². The van der Waals surface area contributed by atoms with E-state index in [2.05, 4.69) is 16.3 Å². The third-order valence-corrected chi connectivity index (χ3v) is 0.937. The molecule has 0 saturated carbocycles. The predicted molar refractivity (Wildman–Crippen MR) is 27.7 cm³/mol. The summed E-state index contributed by atoms with van der Waals surface area (Å²) in [5.74, 6) is 0. The van der Waals surface area contributed by atoms with Crippen LogP contribution in [0.25, 0.3) is 0 Å². The van der Waals surface area contributed by atoms with Crippen LogP contribution in [0.4, 0.5) is 13.2 Å². The molecule has 0 aliphatic rings. The highest BCUT2D eigenvalue weighted by atomic mass is 35.5. The average Bonchev–Trinajstić information content (AvgIpc) is 1.60. The molecule has 0 aromatic carbocycles. The van der Waals surface area contributed by atoms with Crippen LogP contribution in [0.3, 0.4) is 0 Å². The van der Waals surface area contributed by atoms with Gasteiger partial charge in [-0.1, -0.05) is 0 Å². The van der Waals surface area contributed by atoms with Crippen LogP contribution in [0, 0.1) is 0 Å². The molecule has 6 heteroatoms. The smallest absolute Gasteiger partial charge is 0.364 e. The van der Waals surface area contributed by atoms with E-state index in [9.17, 15) is 18.0 Å². The Kier molecular flexibility index (Phi) is 3.11. The molecule has 2 nitrogen and oxygen atoms in total. The van der Waals surface area contributed by atoms with Crippen molar-refractivity contribution in [2.24, 2.45) is 0 Å². The number of hydrogen-bond acceptors (Lipinski definition) is 2. The maximum Gasteiger partial charge on any atom is 0.423 e. The number of carbonyl (C=O) groups excluding carboxylic acids is 1.